The molecule has 250 valence electrons. The van der Waals surface area contributed by atoms with Crippen LogP contribution in [0.3, 0.4) is 0 Å². The van der Waals surface area contributed by atoms with Gasteiger partial charge < -0.3 is 19.5 Å². The van der Waals surface area contributed by atoms with Crippen molar-refractivity contribution in [2.75, 3.05) is 19.7 Å². The topological polar surface area (TPSA) is 72.3 Å². The molecule has 1 N–H and O–H groups in total. The minimum absolute atomic E-state index is 0.00346. The molecule has 1 aliphatic rings. The number of halogens is 1. The highest BCUT2D eigenvalue weighted by atomic mass is 28.3. The number of piperidine rings is 1. The van der Waals surface area contributed by atoms with Crippen molar-refractivity contribution < 1.29 is 13.9 Å². The van der Waals surface area contributed by atoms with Crippen molar-refractivity contribution in [3.05, 3.63) is 95.3 Å². The molecule has 0 bridgehead atoms. The predicted octanol–water partition coefficient (Wildman–Crippen LogP) is 8.49. The monoisotopic (exact) mass is 655 g/mol. The van der Waals surface area contributed by atoms with Crippen molar-refractivity contribution in [1.82, 2.24) is 24.8 Å². The molecule has 1 fully saturated rings. The first-order valence-corrected chi connectivity index (χ1v) is 20.5. The third-order valence-corrected chi connectivity index (χ3v) is 10.7. The highest BCUT2D eigenvalue weighted by Crippen LogP contribution is 2.38. The van der Waals surface area contributed by atoms with E-state index in [1.54, 1.807) is 12.4 Å². The maximum Gasteiger partial charge on any atom is 0.251 e. The number of likely N-dealkylation sites (tertiary alicyclic amines) is 1. The van der Waals surface area contributed by atoms with E-state index >= 15 is 4.39 Å². The maximum atomic E-state index is 15.6. The van der Waals surface area contributed by atoms with E-state index < -0.39 is 8.07 Å². The summed E-state index contributed by atoms with van der Waals surface area (Å²) in [4.78, 5) is 24.6. The van der Waals surface area contributed by atoms with Gasteiger partial charge in [0, 0.05) is 62.6 Å². The molecular weight excluding hydrogens is 606 g/mol. The average Bonchev–Trinajstić information content (AvgIpc) is 3.41. The summed E-state index contributed by atoms with van der Waals surface area (Å²) in [6.45, 7) is 18.7. The molecule has 5 rings (SSSR count). The number of nitrogens with one attached hydrogen (secondary N) is 1. The molecule has 47 heavy (non-hydrogen) atoms. The zero-order chi connectivity index (χ0) is 33.8. The molecule has 0 aliphatic carbocycles. The van der Waals surface area contributed by atoms with E-state index in [2.05, 4.69) is 80.6 Å². The van der Waals surface area contributed by atoms with Crippen LogP contribution in [-0.4, -0.2) is 53.1 Å². The number of carbonyl (C=O) groups is 1. The van der Waals surface area contributed by atoms with Crippen molar-refractivity contribution in [1.29, 1.82) is 0 Å². The van der Waals surface area contributed by atoms with Gasteiger partial charge in [0.25, 0.3) is 5.91 Å². The van der Waals surface area contributed by atoms with Gasteiger partial charge in [0.15, 0.2) is 0 Å². The van der Waals surface area contributed by atoms with Crippen LogP contribution in [0.4, 0.5) is 4.39 Å². The summed E-state index contributed by atoms with van der Waals surface area (Å²) in [6, 6.07) is 13.8. The smallest absolute Gasteiger partial charge is 0.251 e. The van der Waals surface area contributed by atoms with Crippen molar-refractivity contribution in [2.45, 2.75) is 90.8 Å². The summed E-state index contributed by atoms with van der Waals surface area (Å²) < 4.78 is 23.9. The second-order valence-corrected chi connectivity index (χ2v) is 20.6. The quantitative estimate of drug-likeness (QED) is 0.130. The number of allylic oxidation sites excluding steroid dienone is 1. The third kappa shape index (κ3) is 8.56. The Bertz CT molecular complexity index is 1710. The van der Waals surface area contributed by atoms with Crippen LogP contribution in [-0.2, 0) is 23.4 Å². The summed E-state index contributed by atoms with van der Waals surface area (Å²) >= 11 is 0. The Balaban J connectivity index is 1.39. The molecule has 7 nitrogen and oxygen atoms in total. The molecular formula is C38H50FN5O2Si. The molecule has 2 aromatic heterocycles. The molecule has 0 radical (unpaired) electrons. The molecule has 1 amide bonds. The Kier molecular flexibility index (Phi) is 10.7. The van der Waals surface area contributed by atoms with Crippen LogP contribution >= 0.6 is 0 Å². The molecule has 0 saturated carbocycles. The summed E-state index contributed by atoms with van der Waals surface area (Å²) in [5.41, 5.74) is 5.54. The molecule has 0 unspecified atom stereocenters. The summed E-state index contributed by atoms with van der Waals surface area (Å²) in [7, 11) is -1.21. The fourth-order valence-electron chi connectivity index (χ4n) is 6.13. The second-order valence-electron chi connectivity index (χ2n) is 14.9. The number of hydrogen-bond donors (Lipinski definition) is 1. The Morgan fingerprint density at radius 3 is 2.45 bits per heavy atom. The molecule has 3 heterocycles. The molecule has 4 aromatic rings. The van der Waals surface area contributed by atoms with Gasteiger partial charge in [-0.3, -0.25) is 4.79 Å². The highest BCUT2D eigenvalue weighted by molar-refractivity contribution is 6.76. The van der Waals surface area contributed by atoms with Crippen molar-refractivity contribution in [3.8, 4) is 11.3 Å². The predicted molar refractivity (Wildman–Crippen MR) is 192 cm³/mol. The van der Waals surface area contributed by atoms with Gasteiger partial charge in [0.1, 0.15) is 24.5 Å². The van der Waals surface area contributed by atoms with Gasteiger partial charge in [0.05, 0.1) is 5.69 Å². The molecule has 0 atom stereocenters. The minimum Gasteiger partial charge on any atom is -0.378 e. The SMILES string of the molecule is CC=CN1CCC(c2cn(COCC[Si](C)(C)C)c3ncnc(-c4ccc(CNC(=O)c5ccc(C(C)(C)C)cc5)c(F)c4)c23)CC1. The van der Waals surface area contributed by atoms with Crippen LogP contribution < -0.4 is 5.32 Å². The normalized spacial score (nSPS) is 14.8. The first-order chi connectivity index (χ1) is 22.3. The minimum atomic E-state index is -1.21. The van der Waals surface area contributed by atoms with E-state index in [0.717, 1.165) is 60.9 Å². The van der Waals surface area contributed by atoms with Gasteiger partial charge in [-0.25, -0.2) is 14.4 Å². The van der Waals surface area contributed by atoms with E-state index in [1.807, 2.05) is 30.3 Å². The van der Waals surface area contributed by atoms with Gasteiger partial charge in [-0.15, -0.1) is 0 Å². The standard InChI is InChI=1S/C38H50FN5O2Si/c1-8-17-43-18-15-27(16-19-43)32-24-44(26-46-20-21-47(5,6)7)36-34(32)35(41-25-42-36)29-9-10-30(33(39)22-29)23-40-37(45)28-11-13-31(14-12-28)38(2,3)4/h8-14,17,22,24-25,27H,15-16,18-21,23,26H2,1-7H3,(H,40,45). The largest absolute Gasteiger partial charge is 0.378 e. The zero-order valence-electron chi connectivity index (χ0n) is 29.1. The number of nitrogens with zero attached hydrogens (tertiary/aromatic N) is 4. The summed E-state index contributed by atoms with van der Waals surface area (Å²) in [5, 5.41) is 3.84. The number of aromatic nitrogens is 3. The van der Waals surface area contributed by atoms with E-state index in [9.17, 15) is 4.79 Å². The lowest BCUT2D eigenvalue weighted by Gasteiger charge is -2.31. The first kappa shape index (κ1) is 34.5. The number of ether oxygens (including phenoxy) is 1. The molecule has 2 aromatic carbocycles. The Hall–Kier alpha value is -3.82. The lowest BCUT2D eigenvalue weighted by atomic mass is 9.87. The van der Waals surface area contributed by atoms with E-state index in [0.29, 0.717) is 29.3 Å². The highest BCUT2D eigenvalue weighted by Gasteiger charge is 2.26. The van der Waals surface area contributed by atoms with Crippen LogP contribution in [0.1, 0.15) is 73.5 Å². The van der Waals surface area contributed by atoms with Gasteiger partial charge in [-0.2, -0.15) is 0 Å². The fraction of sp³-hybridized carbons (Fsp3) is 0.447. The summed E-state index contributed by atoms with van der Waals surface area (Å²) in [5.74, 6) is -0.276. The number of benzene rings is 2. The average molecular weight is 656 g/mol. The van der Waals surface area contributed by atoms with Crippen LogP contribution in [0, 0.1) is 5.82 Å². The number of hydrogen-bond acceptors (Lipinski definition) is 5. The van der Waals surface area contributed by atoms with Gasteiger partial charge in [-0.1, -0.05) is 70.8 Å². The molecule has 9 heteroatoms. The van der Waals surface area contributed by atoms with Crippen molar-refractivity contribution in [3.63, 3.8) is 0 Å². The number of rotatable bonds is 11. The second kappa shape index (κ2) is 14.5. The van der Waals surface area contributed by atoms with Crippen molar-refractivity contribution in [2.24, 2.45) is 0 Å². The third-order valence-electron chi connectivity index (χ3n) is 9.02. The summed E-state index contributed by atoms with van der Waals surface area (Å²) in [6.07, 6.45) is 10.0. The van der Waals surface area contributed by atoms with Crippen LogP contribution in [0.5, 0.6) is 0 Å². The molecule has 1 saturated heterocycles. The number of fused-ring (bicyclic) bond motifs is 1. The van der Waals surface area contributed by atoms with Gasteiger partial charge in [0.2, 0.25) is 0 Å². The Labute approximate surface area is 280 Å². The van der Waals surface area contributed by atoms with E-state index in [4.69, 9.17) is 14.7 Å². The Morgan fingerprint density at radius 1 is 1.09 bits per heavy atom. The van der Waals surface area contributed by atoms with Crippen LogP contribution in [0.2, 0.25) is 25.7 Å². The van der Waals surface area contributed by atoms with Crippen LogP contribution in [0.15, 0.2) is 67.3 Å². The fourth-order valence-corrected chi connectivity index (χ4v) is 6.89. The van der Waals surface area contributed by atoms with Crippen LogP contribution in [0.25, 0.3) is 22.3 Å². The lowest BCUT2D eigenvalue weighted by molar-refractivity contribution is 0.0897. The van der Waals surface area contributed by atoms with Gasteiger partial charge in [-0.05, 0) is 72.7 Å². The van der Waals surface area contributed by atoms with Gasteiger partial charge >= 0.3 is 0 Å². The number of carbonyl (C=O) groups excluding carboxylic acids is 1. The van der Waals surface area contributed by atoms with E-state index in [-0.39, 0.29) is 23.7 Å². The molecule has 0 spiro atoms. The lowest BCUT2D eigenvalue weighted by Crippen LogP contribution is -2.28. The maximum absolute atomic E-state index is 15.6. The zero-order valence-corrected chi connectivity index (χ0v) is 30.1. The first-order valence-electron chi connectivity index (χ1n) is 16.8. The number of amides is 1. The molecule has 1 aliphatic heterocycles. The Morgan fingerprint density at radius 2 is 1.81 bits per heavy atom. The van der Waals surface area contributed by atoms with Crippen molar-refractivity contribution >= 4 is 25.0 Å². The van der Waals surface area contributed by atoms with E-state index in [1.165, 1.54) is 11.6 Å².